The highest BCUT2D eigenvalue weighted by molar-refractivity contribution is 8.02. The SMILES string of the molecule is N#CSCc1cccc(C=O)c1. The highest BCUT2D eigenvalue weighted by atomic mass is 32.2. The number of aldehydes is 1. The van der Waals surface area contributed by atoms with Gasteiger partial charge in [-0.3, -0.25) is 4.79 Å². The van der Waals surface area contributed by atoms with Crippen LogP contribution in [-0.4, -0.2) is 6.29 Å². The van der Waals surface area contributed by atoms with Gasteiger partial charge in [-0.2, -0.15) is 5.26 Å². The van der Waals surface area contributed by atoms with Crippen molar-refractivity contribution in [3.05, 3.63) is 35.4 Å². The van der Waals surface area contributed by atoms with E-state index in [2.05, 4.69) is 0 Å². The lowest BCUT2D eigenvalue weighted by atomic mass is 10.2. The Morgan fingerprint density at radius 2 is 2.42 bits per heavy atom. The minimum Gasteiger partial charge on any atom is -0.298 e. The van der Waals surface area contributed by atoms with Gasteiger partial charge in [0.1, 0.15) is 11.7 Å². The van der Waals surface area contributed by atoms with Crippen molar-refractivity contribution in [1.29, 1.82) is 5.26 Å². The highest BCUT2D eigenvalue weighted by Gasteiger charge is 1.94. The monoisotopic (exact) mass is 177 g/mol. The summed E-state index contributed by atoms with van der Waals surface area (Å²) in [6, 6.07) is 7.25. The molecule has 0 N–H and O–H groups in total. The van der Waals surface area contributed by atoms with Crippen LogP contribution in [0, 0.1) is 10.7 Å². The Labute approximate surface area is 75.2 Å². The molecule has 0 saturated carbocycles. The second kappa shape index (κ2) is 4.58. The van der Waals surface area contributed by atoms with Crippen molar-refractivity contribution in [2.24, 2.45) is 0 Å². The second-order valence-electron chi connectivity index (χ2n) is 2.24. The Bertz CT molecular complexity index is 317. The summed E-state index contributed by atoms with van der Waals surface area (Å²) in [4.78, 5) is 10.4. The number of rotatable bonds is 3. The van der Waals surface area contributed by atoms with Gasteiger partial charge in [0.15, 0.2) is 0 Å². The zero-order valence-electron chi connectivity index (χ0n) is 6.36. The van der Waals surface area contributed by atoms with Gasteiger partial charge in [0.2, 0.25) is 0 Å². The summed E-state index contributed by atoms with van der Waals surface area (Å²) < 4.78 is 0. The highest BCUT2D eigenvalue weighted by Crippen LogP contribution is 2.11. The lowest BCUT2D eigenvalue weighted by Crippen LogP contribution is -1.83. The third kappa shape index (κ3) is 2.40. The van der Waals surface area contributed by atoms with E-state index in [0.29, 0.717) is 11.3 Å². The predicted molar refractivity (Wildman–Crippen MR) is 48.7 cm³/mol. The topological polar surface area (TPSA) is 40.9 Å². The zero-order valence-corrected chi connectivity index (χ0v) is 7.17. The molecule has 0 spiro atoms. The van der Waals surface area contributed by atoms with Crippen molar-refractivity contribution in [2.45, 2.75) is 5.75 Å². The summed E-state index contributed by atoms with van der Waals surface area (Å²) in [5.41, 5.74) is 1.66. The molecule has 1 aromatic rings. The van der Waals surface area contributed by atoms with E-state index >= 15 is 0 Å². The van der Waals surface area contributed by atoms with Gasteiger partial charge in [-0.15, -0.1) is 0 Å². The summed E-state index contributed by atoms with van der Waals surface area (Å²) >= 11 is 1.17. The minimum atomic E-state index is 0.637. The van der Waals surface area contributed by atoms with Gasteiger partial charge in [0, 0.05) is 11.3 Å². The van der Waals surface area contributed by atoms with Gasteiger partial charge in [-0.25, -0.2) is 0 Å². The summed E-state index contributed by atoms with van der Waals surface area (Å²) in [6.07, 6.45) is 0.806. The molecular formula is C9H7NOS. The third-order valence-corrected chi connectivity index (χ3v) is 2.00. The van der Waals surface area contributed by atoms with Crippen LogP contribution in [0.5, 0.6) is 0 Å². The molecule has 60 valence electrons. The van der Waals surface area contributed by atoms with E-state index in [4.69, 9.17) is 5.26 Å². The van der Waals surface area contributed by atoms with Crippen molar-refractivity contribution in [3.8, 4) is 5.40 Å². The second-order valence-corrected chi connectivity index (χ2v) is 3.00. The van der Waals surface area contributed by atoms with Gasteiger partial charge < -0.3 is 0 Å². The molecule has 0 bridgehead atoms. The molecule has 1 rings (SSSR count). The number of hydrogen-bond donors (Lipinski definition) is 0. The van der Waals surface area contributed by atoms with Crippen molar-refractivity contribution in [3.63, 3.8) is 0 Å². The first kappa shape index (κ1) is 8.82. The average molecular weight is 177 g/mol. The zero-order chi connectivity index (χ0) is 8.81. The Morgan fingerprint density at radius 3 is 3.08 bits per heavy atom. The summed E-state index contributed by atoms with van der Waals surface area (Å²) in [7, 11) is 0. The van der Waals surface area contributed by atoms with Crippen LogP contribution in [-0.2, 0) is 5.75 Å². The van der Waals surface area contributed by atoms with Gasteiger partial charge >= 0.3 is 0 Å². The number of hydrogen-bond acceptors (Lipinski definition) is 3. The van der Waals surface area contributed by atoms with Crippen LogP contribution < -0.4 is 0 Å². The molecule has 0 aromatic heterocycles. The van der Waals surface area contributed by atoms with E-state index in [0.717, 1.165) is 11.8 Å². The fourth-order valence-corrected chi connectivity index (χ4v) is 1.28. The molecule has 0 atom stereocenters. The Hall–Kier alpha value is -1.27. The van der Waals surface area contributed by atoms with E-state index < -0.39 is 0 Å². The molecule has 12 heavy (non-hydrogen) atoms. The van der Waals surface area contributed by atoms with Crippen molar-refractivity contribution < 1.29 is 4.79 Å². The van der Waals surface area contributed by atoms with Crippen LogP contribution in [0.15, 0.2) is 24.3 Å². The largest absolute Gasteiger partial charge is 0.298 e. The fourth-order valence-electron chi connectivity index (χ4n) is 0.872. The average Bonchev–Trinajstić information content (AvgIpc) is 2.15. The number of carbonyl (C=O) groups is 1. The molecule has 0 amide bonds. The predicted octanol–water partition coefficient (Wildman–Crippen LogP) is 2.21. The van der Waals surface area contributed by atoms with Crippen LogP contribution in [0.3, 0.4) is 0 Å². The van der Waals surface area contributed by atoms with E-state index in [9.17, 15) is 4.79 Å². The van der Waals surface area contributed by atoms with E-state index in [1.165, 1.54) is 11.8 Å². The van der Waals surface area contributed by atoms with Crippen LogP contribution in [0.4, 0.5) is 0 Å². The van der Waals surface area contributed by atoms with Gasteiger partial charge in [0.25, 0.3) is 0 Å². The number of benzene rings is 1. The number of nitriles is 1. The molecule has 1 aromatic carbocycles. The van der Waals surface area contributed by atoms with Gasteiger partial charge in [-0.1, -0.05) is 18.2 Å². The standard InChI is InChI=1S/C9H7NOS/c10-7-12-6-9-3-1-2-8(4-9)5-11/h1-5H,6H2. The van der Waals surface area contributed by atoms with Gasteiger partial charge in [-0.05, 0) is 23.4 Å². The summed E-state index contributed by atoms with van der Waals surface area (Å²) in [6.45, 7) is 0. The fraction of sp³-hybridized carbons (Fsp3) is 0.111. The van der Waals surface area contributed by atoms with Crippen molar-refractivity contribution in [1.82, 2.24) is 0 Å². The van der Waals surface area contributed by atoms with Crippen LogP contribution >= 0.6 is 11.8 Å². The number of thioether (sulfide) groups is 1. The molecule has 0 aliphatic heterocycles. The molecule has 0 radical (unpaired) electrons. The Balaban J connectivity index is 2.74. The van der Waals surface area contributed by atoms with Gasteiger partial charge in [0.05, 0.1) is 0 Å². The van der Waals surface area contributed by atoms with Crippen molar-refractivity contribution >= 4 is 18.0 Å². The first-order valence-corrected chi connectivity index (χ1v) is 4.40. The smallest absolute Gasteiger partial charge is 0.150 e. The Kier molecular flexibility index (Phi) is 3.36. The lowest BCUT2D eigenvalue weighted by molar-refractivity contribution is 0.112. The van der Waals surface area contributed by atoms with Crippen LogP contribution in [0.25, 0.3) is 0 Å². The molecule has 0 unspecified atom stereocenters. The van der Waals surface area contributed by atoms with Crippen LogP contribution in [0.2, 0.25) is 0 Å². The molecule has 0 aliphatic rings. The molecule has 2 nitrogen and oxygen atoms in total. The molecule has 0 saturated heterocycles. The van der Waals surface area contributed by atoms with E-state index in [-0.39, 0.29) is 0 Å². The van der Waals surface area contributed by atoms with E-state index in [1.807, 2.05) is 17.5 Å². The molecule has 0 heterocycles. The summed E-state index contributed by atoms with van der Waals surface area (Å²) in [5.74, 6) is 0.637. The first-order chi connectivity index (χ1) is 5.86. The third-order valence-electron chi connectivity index (χ3n) is 1.39. The Morgan fingerprint density at radius 1 is 1.58 bits per heavy atom. The number of thiocyanates is 1. The lowest BCUT2D eigenvalue weighted by Gasteiger charge is -1.96. The normalized spacial score (nSPS) is 8.92. The van der Waals surface area contributed by atoms with Crippen molar-refractivity contribution in [2.75, 3.05) is 0 Å². The van der Waals surface area contributed by atoms with E-state index in [1.54, 1.807) is 12.1 Å². The minimum absolute atomic E-state index is 0.637. The number of nitrogens with zero attached hydrogens (tertiary/aromatic N) is 1. The molecule has 0 aliphatic carbocycles. The van der Waals surface area contributed by atoms with Crippen LogP contribution in [0.1, 0.15) is 15.9 Å². The first-order valence-electron chi connectivity index (χ1n) is 3.42. The quantitative estimate of drug-likeness (QED) is 0.525. The number of carbonyl (C=O) groups excluding carboxylic acids is 1. The maximum absolute atomic E-state index is 10.4. The maximum Gasteiger partial charge on any atom is 0.150 e. The summed E-state index contributed by atoms with van der Waals surface area (Å²) in [5, 5.41) is 10.3. The molecule has 3 heteroatoms. The maximum atomic E-state index is 10.4. The molecular weight excluding hydrogens is 170 g/mol. The molecule has 0 fully saturated rings.